The maximum atomic E-state index is 13.2. The van der Waals surface area contributed by atoms with Crippen LogP contribution in [0.4, 0.5) is 15.8 Å². The number of halogens is 1. The molecule has 1 aromatic heterocycles. The largest absolute Gasteiger partial charge is 0.327 e. The van der Waals surface area contributed by atoms with Crippen molar-refractivity contribution in [3.8, 4) is 5.69 Å². The van der Waals surface area contributed by atoms with Crippen LogP contribution in [0.1, 0.15) is 5.69 Å². The van der Waals surface area contributed by atoms with Crippen molar-refractivity contribution >= 4 is 40.7 Å². The molecule has 7 nitrogen and oxygen atoms in total. The summed E-state index contributed by atoms with van der Waals surface area (Å²) in [4.78, 5) is 24.5. The fourth-order valence-electron chi connectivity index (χ4n) is 2.99. The highest BCUT2D eigenvalue weighted by molar-refractivity contribution is 7.80. The number of nitrogens with one attached hydrogen (secondary N) is 1. The molecule has 0 radical (unpaired) electrons. The van der Waals surface area contributed by atoms with E-state index in [-0.39, 0.29) is 22.4 Å². The number of rotatable bonds is 4. The second-order valence-electron chi connectivity index (χ2n) is 6.18. The second kappa shape index (κ2) is 7.28. The van der Waals surface area contributed by atoms with Crippen LogP contribution in [-0.2, 0) is 4.79 Å². The van der Waals surface area contributed by atoms with E-state index in [1.807, 2.05) is 0 Å². The van der Waals surface area contributed by atoms with Gasteiger partial charge in [0, 0.05) is 29.7 Å². The third-order valence-electron chi connectivity index (χ3n) is 4.37. The molecule has 0 saturated carbocycles. The van der Waals surface area contributed by atoms with Crippen molar-refractivity contribution in [1.82, 2.24) is 9.88 Å². The number of nitro benzene ring substituents is 1. The highest BCUT2D eigenvalue weighted by Crippen LogP contribution is 2.24. The van der Waals surface area contributed by atoms with E-state index in [9.17, 15) is 19.3 Å². The summed E-state index contributed by atoms with van der Waals surface area (Å²) in [7, 11) is 0. The number of hydrogen-bond donors (Lipinski definition) is 1. The molecular formula is C20H13FN4O3S. The first-order valence-electron chi connectivity index (χ1n) is 8.49. The molecule has 0 unspecified atom stereocenters. The molecule has 2 aromatic carbocycles. The molecule has 1 amide bonds. The lowest BCUT2D eigenvalue weighted by Gasteiger charge is -2.13. The molecule has 1 saturated heterocycles. The van der Waals surface area contributed by atoms with Crippen molar-refractivity contribution in [3.05, 3.63) is 94.2 Å². The van der Waals surface area contributed by atoms with E-state index < -0.39 is 10.7 Å². The van der Waals surface area contributed by atoms with Crippen molar-refractivity contribution in [3.63, 3.8) is 0 Å². The Morgan fingerprint density at radius 1 is 1.03 bits per heavy atom. The Morgan fingerprint density at radius 3 is 2.34 bits per heavy atom. The normalized spacial score (nSPS) is 15.1. The molecule has 3 aromatic rings. The van der Waals surface area contributed by atoms with Gasteiger partial charge in [-0.25, -0.2) is 4.39 Å². The lowest BCUT2D eigenvalue weighted by atomic mass is 10.2. The number of carbonyl (C=O) groups is 1. The van der Waals surface area contributed by atoms with Crippen molar-refractivity contribution < 1.29 is 14.1 Å². The van der Waals surface area contributed by atoms with Gasteiger partial charge >= 0.3 is 0 Å². The van der Waals surface area contributed by atoms with Crippen LogP contribution in [0.15, 0.2) is 72.6 Å². The average molecular weight is 408 g/mol. The molecule has 0 atom stereocenters. The molecular weight excluding hydrogens is 395 g/mol. The van der Waals surface area contributed by atoms with Crippen LogP contribution in [0.3, 0.4) is 0 Å². The summed E-state index contributed by atoms with van der Waals surface area (Å²) in [5.41, 5.74) is 2.10. The number of aromatic nitrogens is 1. The number of nitro groups is 1. The quantitative estimate of drug-likeness (QED) is 0.308. The van der Waals surface area contributed by atoms with Gasteiger partial charge in [0.2, 0.25) is 0 Å². The smallest absolute Gasteiger partial charge is 0.281 e. The van der Waals surface area contributed by atoms with E-state index in [0.717, 1.165) is 0 Å². The predicted octanol–water partition coefficient (Wildman–Crippen LogP) is 3.79. The molecule has 1 aliphatic heterocycles. The predicted molar refractivity (Wildman–Crippen MR) is 110 cm³/mol. The minimum absolute atomic E-state index is 0.00580. The monoisotopic (exact) mass is 408 g/mol. The Labute approximate surface area is 169 Å². The molecule has 1 fully saturated rings. The Hall–Kier alpha value is -3.85. The topological polar surface area (TPSA) is 80.4 Å². The molecule has 4 rings (SSSR count). The number of non-ortho nitro benzene ring substituents is 1. The molecule has 1 aliphatic rings. The molecule has 2 heterocycles. The van der Waals surface area contributed by atoms with Crippen LogP contribution in [-0.4, -0.2) is 20.5 Å². The molecule has 0 spiro atoms. The zero-order valence-electron chi connectivity index (χ0n) is 14.8. The van der Waals surface area contributed by atoms with Crippen LogP contribution in [0.25, 0.3) is 11.8 Å². The van der Waals surface area contributed by atoms with E-state index in [0.29, 0.717) is 17.1 Å². The summed E-state index contributed by atoms with van der Waals surface area (Å²) in [5, 5.41) is 13.9. The van der Waals surface area contributed by atoms with E-state index in [1.54, 1.807) is 41.1 Å². The highest BCUT2D eigenvalue weighted by Gasteiger charge is 2.32. The number of carbonyl (C=O) groups excluding carboxylic acids is 1. The lowest BCUT2D eigenvalue weighted by molar-refractivity contribution is -0.384. The van der Waals surface area contributed by atoms with Crippen LogP contribution in [0.5, 0.6) is 0 Å². The standard InChI is InChI=1S/C20H13FN4O3S/c21-13-3-5-15(6-4-13)24-19(26)18(22-20(24)29)12-17-2-1-11-23(17)14-7-9-16(10-8-14)25(27)28/h1-12H,(H,22,29)/b18-12+. The van der Waals surface area contributed by atoms with E-state index in [4.69, 9.17) is 12.2 Å². The first-order valence-corrected chi connectivity index (χ1v) is 8.90. The van der Waals surface area contributed by atoms with Gasteiger partial charge in [0.05, 0.1) is 10.6 Å². The Morgan fingerprint density at radius 2 is 1.69 bits per heavy atom. The third kappa shape index (κ3) is 3.50. The van der Waals surface area contributed by atoms with E-state index in [1.165, 1.54) is 41.3 Å². The van der Waals surface area contributed by atoms with Crippen molar-refractivity contribution in [2.45, 2.75) is 0 Å². The summed E-state index contributed by atoms with van der Waals surface area (Å²) < 4.78 is 15.0. The maximum Gasteiger partial charge on any atom is 0.281 e. The number of benzene rings is 2. The maximum absolute atomic E-state index is 13.2. The summed E-state index contributed by atoms with van der Waals surface area (Å²) in [6.07, 6.45) is 3.42. The zero-order chi connectivity index (χ0) is 20.5. The van der Waals surface area contributed by atoms with Gasteiger partial charge in [0.25, 0.3) is 11.6 Å². The van der Waals surface area contributed by atoms with Gasteiger partial charge < -0.3 is 9.88 Å². The first-order chi connectivity index (χ1) is 13.9. The van der Waals surface area contributed by atoms with Gasteiger partial charge in [0.1, 0.15) is 11.5 Å². The number of thiocarbonyl (C=S) groups is 1. The van der Waals surface area contributed by atoms with Gasteiger partial charge in [-0.1, -0.05) is 0 Å². The Balaban J connectivity index is 1.65. The fraction of sp³-hybridized carbons (Fsp3) is 0. The summed E-state index contributed by atoms with van der Waals surface area (Å²) in [6.45, 7) is 0. The molecule has 144 valence electrons. The second-order valence-corrected chi connectivity index (χ2v) is 6.57. The SMILES string of the molecule is O=C1/C(=C\c2cccn2-c2ccc([N+](=O)[O-])cc2)NC(=S)N1c1ccc(F)cc1. The van der Waals surface area contributed by atoms with Gasteiger partial charge in [-0.05, 0) is 66.8 Å². The van der Waals surface area contributed by atoms with Crippen LogP contribution in [0.2, 0.25) is 0 Å². The third-order valence-corrected chi connectivity index (χ3v) is 4.66. The molecule has 0 bridgehead atoms. The number of hydrogen-bond acceptors (Lipinski definition) is 4. The Kier molecular flexibility index (Phi) is 4.65. The minimum atomic E-state index is -0.464. The van der Waals surface area contributed by atoms with Crippen LogP contribution < -0.4 is 10.2 Å². The summed E-state index contributed by atoms with van der Waals surface area (Å²) in [5.74, 6) is -0.769. The number of anilines is 1. The molecule has 9 heteroatoms. The van der Waals surface area contributed by atoms with Crippen molar-refractivity contribution in [2.75, 3.05) is 4.90 Å². The van der Waals surface area contributed by atoms with Crippen molar-refractivity contribution in [2.24, 2.45) is 0 Å². The average Bonchev–Trinajstić information content (AvgIpc) is 3.27. The number of amides is 1. The van der Waals surface area contributed by atoms with Gasteiger partial charge in [-0.3, -0.25) is 19.8 Å². The Bertz CT molecular complexity index is 1150. The molecule has 0 aliphatic carbocycles. The minimum Gasteiger partial charge on any atom is -0.327 e. The highest BCUT2D eigenvalue weighted by atomic mass is 32.1. The molecule has 1 N–H and O–H groups in total. The van der Waals surface area contributed by atoms with Crippen molar-refractivity contribution in [1.29, 1.82) is 0 Å². The van der Waals surface area contributed by atoms with Crippen LogP contribution in [0, 0.1) is 15.9 Å². The van der Waals surface area contributed by atoms with Crippen LogP contribution >= 0.6 is 12.2 Å². The number of nitrogens with zero attached hydrogens (tertiary/aromatic N) is 3. The fourth-order valence-corrected chi connectivity index (χ4v) is 3.29. The zero-order valence-corrected chi connectivity index (χ0v) is 15.6. The van der Waals surface area contributed by atoms with E-state index >= 15 is 0 Å². The first kappa shape index (κ1) is 18.5. The summed E-state index contributed by atoms with van der Waals surface area (Å²) >= 11 is 5.26. The van der Waals surface area contributed by atoms with Gasteiger partial charge in [-0.15, -0.1) is 0 Å². The summed E-state index contributed by atoms with van der Waals surface area (Å²) in [6, 6.07) is 15.1. The van der Waals surface area contributed by atoms with Gasteiger partial charge in [-0.2, -0.15) is 0 Å². The van der Waals surface area contributed by atoms with Gasteiger partial charge in [0.15, 0.2) is 5.11 Å². The molecule has 29 heavy (non-hydrogen) atoms. The lowest BCUT2D eigenvalue weighted by Crippen LogP contribution is -2.30. The van der Waals surface area contributed by atoms with E-state index in [2.05, 4.69) is 5.32 Å².